The highest BCUT2D eigenvalue weighted by Gasteiger charge is 2.27. The number of nitrogens with one attached hydrogen (secondary N) is 1. The number of aliphatic hydroxyl groups excluding tert-OH is 1. The van der Waals surface area contributed by atoms with E-state index in [1.54, 1.807) is 13.8 Å². The lowest BCUT2D eigenvalue weighted by Crippen LogP contribution is -2.47. The number of amides is 1. The van der Waals surface area contributed by atoms with Crippen LogP contribution < -0.4 is 5.32 Å². The van der Waals surface area contributed by atoms with Crippen LogP contribution in [-0.2, 0) is 14.3 Å². The van der Waals surface area contributed by atoms with Crippen LogP contribution in [0, 0.1) is 0 Å². The Morgan fingerprint density at radius 1 is 1.47 bits per heavy atom. The first-order valence-corrected chi connectivity index (χ1v) is 5.31. The lowest BCUT2D eigenvalue weighted by atomic mass is 10.1. The highest BCUT2D eigenvalue weighted by Crippen LogP contribution is 2.03. The van der Waals surface area contributed by atoms with E-state index in [4.69, 9.17) is 0 Å². The SMILES string of the molecule is C=CCC(NC(=O)CC)C(O)C(=O)OCC.Cl. The van der Waals surface area contributed by atoms with Gasteiger partial charge in [0.2, 0.25) is 5.91 Å². The van der Waals surface area contributed by atoms with E-state index in [0.29, 0.717) is 12.8 Å². The molecule has 5 nitrogen and oxygen atoms in total. The van der Waals surface area contributed by atoms with Gasteiger partial charge in [-0.2, -0.15) is 0 Å². The number of esters is 1. The van der Waals surface area contributed by atoms with Crippen molar-refractivity contribution in [2.24, 2.45) is 0 Å². The number of hydrogen-bond donors (Lipinski definition) is 2. The molecule has 0 fully saturated rings. The van der Waals surface area contributed by atoms with Crippen molar-refractivity contribution >= 4 is 24.3 Å². The largest absolute Gasteiger partial charge is 0.464 e. The maximum absolute atomic E-state index is 11.3. The van der Waals surface area contributed by atoms with Crippen LogP contribution in [0.15, 0.2) is 12.7 Å². The lowest BCUT2D eigenvalue weighted by Gasteiger charge is -2.21. The third kappa shape index (κ3) is 6.97. The van der Waals surface area contributed by atoms with Gasteiger partial charge in [-0.1, -0.05) is 13.0 Å². The minimum Gasteiger partial charge on any atom is -0.464 e. The van der Waals surface area contributed by atoms with Gasteiger partial charge in [0.15, 0.2) is 6.10 Å². The fraction of sp³-hybridized carbons (Fsp3) is 0.636. The molecule has 0 saturated heterocycles. The Bertz CT molecular complexity index is 258. The molecule has 0 aromatic rings. The second-order valence-electron chi connectivity index (χ2n) is 3.25. The Balaban J connectivity index is 0. The van der Waals surface area contributed by atoms with Gasteiger partial charge >= 0.3 is 5.97 Å². The third-order valence-corrected chi connectivity index (χ3v) is 2.00. The summed E-state index contributed by atoms with van der Waals surface area (Å²) in [6.45, 7) is 7.04. The standard InChI is InChI=1S/C11H19NO4.ClH/c1-4-7-8(12-9(13)5-2)10(14)11(15)16-6-3;/h4,8,10,14H,1,5-7H2,2-3H3,(H,12,13);1H. The van der Waals surface area contributed by atoms with E-state index < -0.39 is 18.1 Å². The zero-order valence-electron chi connectivity index (χ0n) is 10.1. The lowest BCUT2D eigenvalue weighted by molar-refractivity contribution is -0.154. The average Bonchev–Trinajstić information content (AvgIpc) is 2.27. The molecule has 1 amide bonds. The van der Waals surface area contributed by atoms with Crippen molar-refractivity contribution < 1.29 is 19.4 Å². The van der Waals surface area contributed by atoms with Crippen LogP contribution in [0.1, 0.15) is 26.7 Å². The van der Waals surface area contributed by atoms with E-state index in [1.165, 1.54) is 6.08 Å². The van der Waals surface area contributed by atoms with Crippen molar-refractivity contribution in [1.29, 1.82) is 0 Å². The predicted octanol–water partition coefficient (Wildman–Crippen LogP) is 0.803. The van der Waals surface area contributed by atoms with Gasteiger partial charge in [0, 0.05) is 6.42 Å². The molecule has 0 aromatic carbocycles. The average molecular weight is 266 g/mol. The van der Waals surface area contributed by atoms with Gasteiger partial charge in [-0.25, -0.2) is 4.79 Å². The maximum Gasteiger partial charge on any atom is 0.337 e. The molecule has 0 radical (unpaired) electrons. The molecule has 0 aliphatic rings. The second-order valence-corrected chi connectivity index (χ2v) is 3.25. The van der Waals surface area contributed by atoms with E-state index in [0.717, 1.165) is 0 Å². The molecule has 6 heteroatoms. The summed E-state index contributed by atoms with van der Waals surface area (Å²) in [4.78, 5) is 22.4. The van der Waals surface area contributed by atoms with Gasteiger partial charge in [0.25, 0.3) is 0 Å². The molecular weight excluding hydrogens is 246 g/mol. The van der Waals surface area contributed by atoms with Crippen LogP contribution in [0.2, 0.25) is 0 Å². The Morgan fingerprint density at radius 2 is 2.06 bits per heavy atom. The molecule has 0 aliphatic carbocycles. The summed E-state index contributed by atoms with van der Waals surface area (Å²) >= 11 is 0. The summed E-state index contributed by atoms with van der Waals surface area (Å²) in [6, 6.07) is -0.677. The Hall–Kier alpha value is -1.07. The minimum absolute atomic E-state index is 0. The molecule has 2 N–H and O–H groups in total. The Labute approximate surface area is 108 Å². The zero-order valence-corrected chi connectivity index (χ0v) is 11.0. The van der Waals surface area contributed by atoms with Crippen LogP contribution >= 0.6 is 12.4 Å². The summed E-state index contributed by atoms with van der Waals surface area (Å²) in [7, 11) is 0. The molecule has 0 rings (SSSR count). The van der Waals surface area contributed by atoms with E-state index >= 15 is 0 Å². The van der Waals surface area contributed by atoms with E-state index in [9.17, 15) is 14.7 Å². The first-order valence-electron chi connectivity index (χ1n) is 5.31. The molecular formula is C11H20ClNO4. The topological polar surface area (TPSA) is 75.6 Å². The summed E-state index contributed by atoms with van der Waals surface area (Å²) < 4.78 is 4.67. The highest BCUT2D eigenvalue weighted by molar-refractivity contribution is 5.85. The van der Waals surface area contributed by atoms with Crippen molar-refractivity contribution in [2.75, 3.05) is 6.61 Å². The smallest absolute Gasteiger partial charge is 0.337 e. The summed E-state index contributed by atoms with van der Waals surface area (Å²) in [6.07, 6.45) is 0.784. The summed E-state index contributed by atoms with van der Waals surface area (Å²) in [5.74, 6) is -0.957. The van der Waals surface area contributed by atoms with Crippen LogP contribution in [0.4, 0.5) is 0 Å². The van der Waals surface area contributed by atoms with Crippen LogP contribution in [0.5, 0.6) is 0 Å². The number of aliphatic hydroxyl groups is 1. The first-order chi connectivity index (χ1) is 7.56. The number of rotatable bonds is 7. The van der Waals surface area contributed by atoms with Crippen molar-refractivity contribution in [1.82, 2.24) is 5.32 Å². The molecule has 0 spiro atoms. The molecule has 2 unspecified atom stereocenters. The fourth-order valence-corrected chi connectivity index (χ4v) is 1.15. The van der Waals surface area contributed by atoms with Gasteiger partial charge in [-0.15, -0.1) is 19.0 Å². The highest BCUT2D eigenvalue weighted by atomic mass is 35.5. The number of carbonyl (C=O) groups excluding carboxylic acids is 2. The molecule has 0 aromatic heterocycles. The first kappa shape index (κ1) is 18.3. The normalized spacial score (nSPS) is 12.9. The molecule has 0 heterocycles. The monoisotopic (exact) mass is 265 g/mol. The van der Waals surface area contributed by atoms with Gasteiger partial charge < -0.3 is 15.2 Å². The minimum atomic E-state index is -1.35. The third-order valence-electron chi connectivity index (χ3n) is 2.00. The van der Waals surface area contributed by atoms with Gasteiger partial charge in [0.1, 0.15) is 0 Å². The number of halogens is 1. The maximum atomic E-state index is 11.3. The van der Waals surface area contributed by atoms with Crippen LogP contribution in [0.3, 0.4) is 0 Å². The van der Waals surface area contributed by atoms with Crippen molar-refractivity contribution in [3.05, 3.63) is 12.7 Å². The predicted molar refractivity (Wildman–Crippen MR) is 66.9 cm³/mol. The molecule has 2 atom stereocenters. The second kappa shape index (κ2) is 10.1. The molecule has 17 heavy (non-hydrogen) atoms. The fourth-order valence-electron chi connectivity index (χ4n) is 1.15. The Kier molecular flexibility index (Phi) is 10.9. The molecule has 0 aliphatic heterocycles. The van der Waals surface area contributed by atoms with Gasteiger partial charge in [-0.3, -0.25) is 4.79 Å². The zero-order chi connectivity index (χ0) is 12.6. The molecule has 0 bridgehead atoms. The van der Waals surface area contributed by atoms with Crippen LogP contribution in [0.25, 0.3) is 0 Å². The van der Waals surface area contributed by atoms with Gasteiger partial charge in [-0.05, 0) is 13.3 Å². The number of ether oxygens (including phenoxy) is 1. The van der Waals surface area contributed by atoms with Crippen molar-refractivity contribution in [3.63, 3.8) is 0 Å². The Morgan fingerprint density at radius 3 is 2.47 bits per heavy atom. The molecule has 0 saturated carbocycles. The van der Waals surface area contributed by atoms with Crippen molar-refractivity contribution in [3.8, 4) is 0 Å². The van der Waals surface area contributed by atoms with Crippen LogP contribution in [-0.4, -0.2) is 35.7 Å². The number of carbonyl (C=O) groups is 2. The number of hydrogen-bond acceptors (Lipinski definition) is 4. The molecule has 100 valence electrons. The van der Waals surface area contributed by atoms with Crippen molar-refractivity contribution in [2.45, 2.75) is 38.8 Å². The summed E-state index contributed by atoms with van der Waals surface area (Å²) in [5.41, 5.74) is 0. The van der Waals surface area contributed by atoms with E-state index in [-0.39, 0.29) is 24.9 Å². The summed E-state index contributed by atoms with van der Waals surface area (Å²) in [5, 5.41) is 12.2. The van der Waals surface area contributed by atoms with Gasteiger partial charge in [0.05, 0.1) is 12.6 Å². The van der Waals surface area contributed by atoms with E-state index in [2.05, 4.69) is 16.6 Å². The van der Waals surface area contributed by atoms with E-state index in [1.807, 2.05) is 0 Å². The quantitative estimate of drug-likeness (QED) is 0.527.